The number of benzene rings is 2. The van der Waals surface area contributed by atoms with Gasteiger partial charge in [0.05, 0.1) is 6.54 Å². The summed E-state index contributed by atoms with van der Waals surface area (Å²) >= 11 is 0. The minimum atomic E-state index is -3.99. The Morgan fingerprint density at radius 1 is 1.04 bits per heavy atom. The zero-order valence-corrected chi connectivity index (χ0v) is 17.5. The van der Waals surface area contributed by atoms with Crippen molar-refractivity contribution < 1.29 is 22.3 Å². The van der Waals surface area contributed by atoms with Crippen LogP contribution >= 0.6 is 0 Å². The number of hydrogen-bond donors (Lipinski definition) is 0. The number of aryl methyl sites for hydroxylation is 2. The number of carbonyl (C=O) groups is 1. The molecule has 0 aliphatic carbocycles. The maximum Gasteiger partial charge on any atom is 0.253 e. The Morgan fingerprint density at radius 3 is 2.21 bits per heavy atom. The lowest BCUT2D eigenvalue weighted by molar-refractivity contribution is 0.0773. The Bertz CT molecular complexity index is 954. The van der Waals surface area contributed by atoms with Crippen molar-refractivity contribution in [1.29, 1.82) is 0 Å². The van der Waals surface area contributed by atoms with E-state index >= 15 is 0 Å². The first-order chi connectivity index (χ1) is 13.0. The van der Waals surface area contributed by atoms with Gasteiger partial charge in [0.2, 0.25) is 10.0 Å². The molecule has 152 valence electrons. The monoisotopic (exact) mass is 408 g/mol. The third kappa shape index (κ3) is 5.08. The van der Waals surface area contributed by atoms with E-state index in [-0.39, 0.29) is 12.2 Å². The summed E-state index contributed by atoms with van der Waals surface area (Å²) in [6, 6.07) is 9.18. The van der Waals surface area contributed by atoms with Crippen LogP contribution in [0.4, 0.5) is 4.39 Å². The zero-order chi connectivity index (χ0) is 21.1. The van der Waals surface area contributed by atoms with Gasteiger partial charge in [-0.3, -0.25) is 4.79 Å². The van der Waals surface area contributed by atoms with Crippen molar-refractivity contribution in [3.63, 3.8) is 0 Å². The highest BCUT2D eigenvalue weighted by Gasteiger charge is 2.24. The van der Waals surface area contributed by atoms with E-state index in [1.54, 1.807) is 7.05 Å². The number of carbonyl (C=O) groups excluding carboxylic acids is 1. The Balaban J connectivity index is 2.09. The predicted molar refractivity (Wildman–Crippen MR) is 106 cm³/mol. The van der Waals surface area contributed by atoms with Crippen LogP contribution in [-0.4, -0.2) is 57.8 Å². The maximum atomic E-state index is 14.0. The summed E-state index contributed by atoms with van der Waals surface area (Å²) in [5.41, 5.74) is 2.26. The number of halogens is 1. The van der Waals surface area contributed by atoms with Crippen LogP contribution in [0.25, 0.3) is 0 Å². The number of ether oxygens (including phenoxy) is 1. The molecule has 0 aliphatic heterocycles. The van der Waals surface area contributed by atoms with Crippen LogP contribution in [0, 0.1) is 19.7 Å². The highest BCUT2D eigenvalue weighted by molar-refractivity contribution is 7.89. The molecule has 2 rings (SSSR count). The molecule has 0 N–H and O–H groups in total. The van der Waals surface area contributed by atoms with E-state index in [1.165, 1.54) is 25.1 Å². The molecule has 0 heterocycles. The lowest BCUT2D eigenvalue weighted by Crippen LogP contribution is -2.31. The molecule has 0 aliphatic rings. The Morgan fingerprint density at radius 2 is 1.64 bits per heavy atom. The summed E-state index contributed by atoms with van der Waals surface area (Å²) in [5.74, 6) is -0.593. The highest BCUT2D eigenvalue weighted by Crippen LogP contribution is 2.20. The quantitative estimate of drug-likeness (QED) is 0.707. The van der Waals surface area contributed by atoms with E-state index < -0.39 is 26.6 Å². The third-order valence-corrected chi connectivity index (χ3v) is 6.00. The van der Waals surface area contributed by atoms with E-state index in [0.717, 1.165) is 33.3 Å². The van der Waals surface area contributed by atoms with Crippen LogP contribution in [0.5, 0.6) is 5.75 Å². The second-order valence-corrected chi connectivity index (χ2v) is 8.95. The Kier molecular flexibility index (Phi) is 6.79. The minimum absolute atomic E-state index is 0.0933. The number of sulfonamides is 1. The average molecular weight is 408 g/mol. The van der Waals surface area contributed by atoms with Gasteiger partial charge in [0, 0.05) is 26.7 Å². The lowest BCUT2D eigenvalue weighted by atomic mass is 10.1. The molecule has 0 radical (unpaired) electrons. The van der Waals surface area contributed by atoms with Crippen molar-refractivity contribution in [2.45, 2.75) is 18.7 Å². The van der Waals surface area contributed by atoms with Gasteiger partial charge in [-0.1, -0.05) is 6.07 Å². The molecule has 6 nitrogen and oxygen atoms in total. The normalized spacial score (nSPS) is 11.5. The van der Waals surface area contributed by atoms with E-state index in [4.69, 9.17) is 4.74 Å². The fourth-order valence-electron chi connectivity index (χ4n) is 2.67. The van der Waals surface area contributed by atoms with Gasteiger partial charge in [0.25, 0.3) is 5.91 Å². The van der Waals surface area contributed by atoms with E-state index in [2.05, 4.69) is 0 Å². The van der Waals surface area contributed by atoms with Gasteiger partial charge >= 0.3 is 0 Å². The molecule has 8 heteroatoms. The van der Waals surface area contributed by atoms with E-state index in [1.807, 2.05) is 32.0 Å². The second kappa shape index (κ2) is 8.70. The van der Waals surface area contributed by atoms with Gasteiger partial charge in [0.15, 0.2) is 0 Å². The number of hydrogen-bond acceptors (Lipinski definition) is 4. The molecule has 0 saturated heterocycles. The molecule has 0 fully saturated rings. The van der Waals surface area contributed by atoms with Gasteiger partial charge in [-0.25, -0.2) is 17.1 Å². The van der Waals surface area contributed by atoms with Gasteiger partial charge in [-0.15, -0.1) is 0 Å². The molecule has 0 unspecified atom stereocenters. The van der Waals surface area contributed by atoms with Crippen molar-refractivity contribution >= 4 is 15.9 Å². The number of amides is 1. The molecule has 28 heavy (non-hydrogen) atoms. The average Bonchev–Trinajstić information content (AvgIpc) is 2.60. The molecule has 0 spiro atoms. The fraction of sp³-hybridized carbons (Fsp3) is 0.350. The molecule has 2 aromatic rings. The summed E-state index contributed by atoms with van der Waals surface area (Å²) in [6.07, 6.45) is 0. The molecular weight excluding hydrogens is 383 g/mol. The number of likely N-dealkylation sites (N-methyl/N-ethyl adjacent to an activating group) is 1. The summed E-state index contributed by atoms with van der Waals surface area (Å²) in [7, 11) is 0.203. The van der Waals surface area contributed by atoms with Crippen LogP contribution in [0.15, 0.2) is 41.3 Å². The molecule has 0 saturated carbocycles. The zero-order valence-electron chi connectivity index (χ0n) is 16.7. The van der Waals surface area contributed by atoms with Gasteiger partial charge in [-0.05, 0) is 55.3 Å². The van der Waals surface area contributed by atoms with Gasteiger partial charge in [-0.2, -0.15) is 0 Å². The largest absolute Gasteiger partial charge is 0.492 e. The minimum Gasteiger partial charge on any atom is -0.492 e. The number of rotatable bonds is 7. The summed E-state index contributed by atoms with van der Waals surface area (Å²) < 4.78 is 45.0. The second-order valence-electron chi connectivity index (χ2n) is 6.83. The van der Waals surface area contributed by atoms with Crippen molar-refractivity contribution in [2.75, 3.05) is 34.3 Å². The first-order valence-electron chi connectivity index (χ1n) is 8.71. The summed E-state index contributed by atoms with van der Waals surface area (Å²) in [5, 5.41) is 0. The van der Waals surface area contributed by atoms with Crippen LogP contribution in [-0.2, 0) is 10.0 Å². The first kappa shape index (κ1) is 21.8. The first-order valence-corrected chi connectivity index (χ1v) is 10.1. The predicted octanol–water partition coefficient (Wildman–Crippen LogP) is 2.84. The van der Waals surface area contributed by atoms with Crippen LogP contribution in [0.1, 0.15) is 21.5 Å². The van der Waals surface area contributed by atoms with Crippen molar-refractivity contribution in [3.05, 3.63) is 58.9 Å². The molecule has 0 atom stereocenters. The molecule has 1 amide bonds. The van der Waals surface area contributed by atoms with Crippen molar-refractivity contribution in [3.8, 4) is 5.75 Å². The standard InChI is InChI=1S/C20H25FN2O4S/c1-14-10-15(2)12-17(11-14)27-9-8-23(5)20(24)16-6-7-18(21)19(13-16)28(25,26)22(3)4/h6-7,10-13H,8-9H2,1-5H3. The van der Waals surface area contributed by atoms with Crippen molar-refractivity contribution in [1.82, 2.24) is 9.21 Å². The van der Waals surface area contributed by atoms with Crippen LogP contribution in [0.3, 0.4) is 0 Å². The summed E-state index contributed by atoms with van der Waals surface area (Å²) in [6.45, 7) is 4.51. The fourth-order valence-corrected chi connectivity index (χ4v) is 3.65. The van der Waals surface area contributed by atoms with Gasteiger partial charge in [0.1, 0.15) is 23.1 Å². The van der Waals surface area contributed by atoms with Crippen LogP contribution < -0.4 is 4.74 Å². The number of nitrogens with zero attached hydrogens (tertiary/aromatic N) is 2. The smallest absolute Gasteiger partial charge is 0.253 e. The van der Waals surface area contributed by atoms with Crippen LogP contribution in [0.2, 0.25) is 0 Å². The molecular formula is C20H25FN2O4S. The van der Waals surface area contributed by atoms with Crippen molar-refractivity contribution in [2.24, 2.45) is 0 Å². The van der Waals surface area contributed by atoms with E-state index in [0.29, 0.717) is 6.54 Å². The maximum absolute atomic E-state index is 14.0. The molecule has 0 aromatic heterocycles. The topological polar surface area (TPSA) is 66.9 Å². The Labute approximate surface area is 165 Å². The highest BCUT2D eigenvalue weighted by atomic mass is 32.2. The Hall–Kier alpha value is -2.45. The van der Waals surface area contributed by atoms with Gasteiger partial charge < -0.3 is 9.64 Å². The molecule has 0 bridgehead atoms. The third-order valence-electron chi connectivity index (χ3n) is 4.17. The lowest BCUT2D eigenvalue weighted by Gasteiger charge is -2.19. The summed E-state index contributed by atoms with van der Waals surface area (Å²) in [4.78, 5) is 13.5. The van der Waals surface area contributed by atoms with E-state index in [9.17, 15) is 17.6 Å². The molecule has 2 aromatic carbocycles. The SMILES string of the molecule is Cc1cc(C)cc(OCCN(C)C(=O)c2ccc(F)c(S(=O)(=O)N(C)C)c2)c1.